The third-order valence-electron chi connectivity index (χ3n) is 7.31. The maximum absolute atomic E-state index is 14.0. The fraction of sp³-hybridized carbons (Fsp3) is 0.500. The average molecular weight is 544 g/mol. The van der Waals surface area contributed by atoms with E-state index >= 15 is 0 Å². The van der Waals surface area contributed by atoms with Crippen LogP contribution in [-0.4, -0.2) is 56.3 Å². The molecule has 2 aliphatic rings. The zero-order valence-electron chi connectivity index (χ0n) is 22.3. The van der Waals surface area contributed by atoms with Crippen molar-refractivity contribution in [3.05, 3.63) is 53.6 Å². The van der Waals surface area contributed by atoms with E-state index in [1.165, 1.54) is 11.8 Å². The highest BCUT2D eigenvalue weighted by Crippen LogP contribution is 2.36. The molecule has 2 aromatic carbocycles. The number of sulfonamides is 1. The van der Waals surface area contributed by atoms with E-state index in [-0.39, 0.29) is 31.0 Å². The normalized spacial score (nSPS) is 15.8. The molecule has 9 nitrogen and oxygen atoms in total. The van der Waals surface area contributed by atoms with Crippen molar-refractivity contribution >= 4 is 27.5 Å². The molecule has 1 unspecified atom stereocenters. The minimum atomic E-state index is -3.82. The van der Waals surface area contributed by atoms with Crippen LogP contribution in [-0.2, 0) is 26.2 Å². The zero-order valence-corrected chi connectivity index (χ0v) is 23.1. The molecule has 1 saturated carbocycles. The average Bonchev–Trinajstić information content (AvgIpc) is 3.59. The SMILES string of the molecule is CCC(C(=O)NC1CCCC1)N(Cc1ccccc1C)C(=O)CN(c1ccc2c(c1)OCO2)S(=O)(=O)CC. The second-order valence-electron chi connectivity index (χ2n) is 9.81. The number of benzene rings is 2. The maximum atomic E-state index is 14.0. The van der Waals surface area contributed by atoms with Crippen molar-refractivity contribution in [1.29, 1.82) is 0 Å². The molecule has 2 aromatic rings. The smallest absolute Gasteiger partial charge is 0.244 e. The van der Waals surface area contributed by atoms with E-state index in [1.54, 1.807) is 18.2 Å². The van der Waals surface area contributed by atoms with Gasteiger partial charge in [-0.1, -0.05) is 44.0 Å². The number of amides is 2. The topological polar surface area (TPSA) is 105 Å². The first-order valence-electron chi connectivity index (χ1n) is 13.3. The van der Waals surface area contributed by atoms with E-state index in [2.05, 4.69) is 5.32 Å². The molecule has 2 amide bonds. The van der Waals surface area contributed by atoms with Gasteiger partial charge in [-0.05, 0) is 56.4 Å². The molecule has 1 fully saturated rings. The first kappa shape index (κ1) is 27.8. The van der Waals surface area contributed by atoms with Crippen LogP contribution < -0.4 is 19.1 Å². The molecule has 0 aromatic heterocycles. The van der Waals surface area contributed by atoms with Crippen LogP contribution in [0.2, 0.25) is 0 Å². The molecular formula is C28H37N3O6S. The fourth-order valence-electron chi connectivity index (χ4n) is 5.02. The summed E-state index contributed by atoms with van der Waals surface area (Å²) in [6.07, 6.45) is 4.42. The van der Waals surface area contributed by atoms with E-state index in [4.69, 9.17) is 9.47 Å². The number of fused-ring (bicyclic) bond motifs is 1. The zero-order chi connectivity index (χ0) is 27.3. The van der Waals surface area contributed by atoms with Crippen LogP contribution in [0, 0.1) is 6.92 Å². The number of carbonyl (C=O) groups is 2. The Hall–Kier alpha value is -3.27. The van der Waals surface area contributed by atoms with Gasteiger partial charge in [0.2, 0.25) is 28.6 Å². The molecule has 206 valence electrons. The summed E-state index contributed by atoms with van der Waals surface area (Å²) in [6, 6.07) is 11.9. The van der Waals surface area contributed by atoms with E-state index in [9.17, 15) is 18.0 Å². The highest BCUT2D eigenvalue weighted by Gasteiger charge is 2.34. The number of anilines is 1. The van der Waals surface area contributed by atoms with E-state index in [1.807, 2.05) is 38.1 Å². The van der Waals surface area contributed by atoms with Gasteiger partial charge in [0.05, 0.1) is 11.4 Å². The lowest BCUT2D eigenvalue weighted by molar-refractivity contribution is -0.140. The Morgan fingerprint density at radius 3 is 2.45 bits per heavy atom. The van der Waals surface area contributed by atoms with Gasteiger partial charge in [0.25, 0.3) is 0 Å². The summed E-state index contributed by atoms with van der Waals surface area (Å²) in [5.41, 5.74) is 2.20. The van der Waals surface area contributed by atoms with Crippen molar-refractivity contribution in [2.24, 2.45) is 0 Å². The number of rotatable bonds is 11. The lowest BCUT2D eigenvalue weighted by Gasteiger charge is -2.34. The van der Waals surface area contributed by atoms with E-state index in [0.29, 0.717) is 23.6 Å². The van der Waals surface area contributed by atoms with Crippen LogP contribution in [0.4, 0.5) is 5.69 Å². The van der Waals surface area contributed by atoms with Crippen LogP contribution in [0.3, 0.4) is 0 Å². The molecule has 1 heterocycles. The van der Waals surface area contributed by atoms with Crippen LogP contribution in [0.25, 0.3) is 0 Å². The Kier molecular flexibility index (Phi) is 8.81. The van der Waals surface area contributed by atoms with Gasteiger partial charge in [-0.25, -0.2) is 8.42 Å². The van der Waals surface area contributed by atoms with E-state index in [0.717, 1.165) is 41.1 Å². The van der Waals surface area contributed by atoms with Gasteiger partial charge in [-0.3, -0.25) is 13.9 Å². The molecule has 10 heteroatoms. The third-order valence-corrected chi connectivity index (χ3v) is 9.05. The molecule has 0 bridgehead atoms. The first-order valence-corrected chi connectivity index (χ1v) is 14.9. The fourth-order valence-corrected chi connectivity index (χ4v) is 6.07. The van der Waals surface area contributed by atoms with Gasteiger partial charge in [-0.15, -0.1) is 0 Å². The van der Waals surface area contributed by atoms with Crippen LogP contribution in [0.5, 0.6) is 11.5 Å². The van der Waals surface area contributed by atoms with Gasteiger partial charge in [0.15, 0.2) is 11.5 Å². The van der Waals surface area contributed by atoms with Crippen LogP contribution in [0.15, 0.2) is 42.5 Å². The molecule has 1 aliphatic carbocycles. The predicted octanol–water partition coefficient (Wildman–Crippen LogP) is 3.75. The highest BCUT2D eigenvalue weighted by molar-refractivity contribution is 7.92. The summed E-state index contributed by atoms with van der Waals surface area (Å²) in [5, 5.41) is 3.13. The lowest BCUT2D eigenvalue weighted by atomic mass is 10.1. The monoisotopic (exact) mass is 543 g/mol. The summed E-state index contributed by atoms with van der Waals surface area (Å²) in [7, 11) is -3.82. The Balaban J connectivity index is 1.65. The Morgan fingerprint density at radius 2 is 1.76 bits per heavy atom. The molecule has 0 saturated heterocycles. The van der Waals surface area contributed by atoms with Gasteiger partial charge in [-0.2, -0.15) is 0 Å². The Morgan fingerprint density at radius 1 is 1.05 bits per heavy atom. The number of aryl methyl sites for hydroxylation is 1. The lowest BCUT2D eigenvalue weighted by Crippen LogP contribution is -2.53. The largest absolute Gasteiger partial charge is 0.454 e. The van der Waals surface area contributed by atoms with Crippen molar-refractivity contribution in [1.82, 2.24) is 10.2 Å². The summed E-state index contributed by atoms with van der Waals surface area (Å²) in [6.45, 7) is 5.18. The van der Waals surface area contributed by atoms with Crippen LogP contribution >= 0.6 is 0 Å². The van der Waals surface area contributed by atoms with Crippen molar-refractivity contribution in [2.45, 2.75) is 71.5 Å². The Labute approximate surface area is 225 Å². The maximum Gasteiger partial charge on any atom is 0.244 e. The minimum absolute atomic E-state index is 0.0523. The summed E-state index contributed by atoms with van der Waals surface area (Å²) in [4.78, 5) is 28.9. The standard InChI is InChI=1S/C28H37N3O6S/c1-4-24(28(33)29-22-12-8-9-13-22)30(17-21-11-7-6-10-20(21)3)27(32)18-31(38(34,35)5-2)23-14-15-25-26(16-23)37-19-36-25/h6-7,10-11,14-16,22,24H,4-5,8-9,12-13,17-19H2,1-3H3,(H,29,33). The van der Waals surface area contributed by atoms with Gasteiger partial charge < -0.3 is 19.7 Å². The number of hydrogen-bond acceptors (Lipinski definition) is 6. The highest BCUT2D eigenvalue weighted by atomic mass is 32.2. The number of nitrogens with zero attached hydrogens (tertiary/aromatic N) is 2. The van der Waals surface area contributed by atoms with Crippen molar-refractivity contribution in [2.75, 3.05) is 23.4 Å². The van der Waals surface area contributed by atoms with Crippen molar-refractivity contribution in [3.8, 4) is 11.5 Å². The molecule has 0 spiro atoms. The molecule has 1 N–H and O–H groups in total. The second kappa shape index (κ2) is 12.1. The third kappa shape index (κ3) is 6.23. The van der Waals surface area contributed by atoms with E-state index < -0.39 is 28.5 Å². The summed E-state index contributed by atoms with van der Waals surface area (Å²) < 4.78 is 38.3. The number of ether oxygens (including phenoxy) is 2. The molecule has 4 rings (SSSR count). The molecule has 1 atom stereocenters. The van der Waals surface area contributed by atoms with Crippen molar-refractivity contribution < 1.29 is 27.5 Å². The van der Waals surface area contributed by atoms with Gasteiger partial charge >= 0.3 is 0 Å². The molecule has 38 heavy (non-hydrogen) atoms. The van der Waals surface area contributed by atoms with Crippen LogP contribution in [0.1, 0.15) is 57.1 Å². The first-order chi connectivity index (χ1) is 18.2. The molecule has 1 aliphatic heterocycles. The molecule has 0 radical (unpaired) electrons. The second-order valence-corrected chi connectivity index (χ2v) is 12.0. The summed E-state index contributed by atoms with van der Waals surface area (Å²) >= 11 is 0. The number of nitrogens with one attached hydrogen (secondary N) is 1. The minimum Gasteiger partial charge on any atom is -0.454 e. The predicted molar refractivity (Wildman–Crippen MR) is 146 cm³/mol. The van der Waals surface area contributed by atoms with Crippen molar-refractivity contribution in [3.63, 3.8) is 0 Å². The van der Waals surface area contributed by atoms with Gasteiger partial charge in [0.1, 0.15) is 12.6 Å². The quantitative estimate of drug-likeness (QED) is 0.463. The number of carbonyl (C=O) groups excluding carboxylic acids is 2. The molecular weight excluding hydrogens is 506 g/mol. The summed E-state index contributed by atoms with van der Waals surface area (Å²) in [5.74, 6) is 0.104. The number of hydrogen-bond donors (Lipinski definition) is 1. The Bertz CT molecular complexity index is 1260. The van der Waals surface area contributed by atoms with Gasteiger partial charge in [0, 0.05) is 18.7 Å².